The van der Waals surface area contributed by atoms with Crippen molar-refractivity contribution in [3.05, 3.63) is 35.9 Å². The van der Waals surface area contributed by atoms with Crippen LogP contribution in [0.2, 0.25) is 0 Å². The molecule has 1 heterocycles. The first-order valence-corrected chi connectivity index (χ1v) is 7.67. The average molecular weight is 269 g/mol. The molecule has 1 atom stereocenters. The van der Waals surface area contributed by atoms with Crippen LogP contribution in [0.3, 0.4) is 0 Å². The second-order valence-corrected chi connectivity index (χ2v) is 5.94. The molecule has 1 aliphatic heterocycles. The van der Waals surface area contributed by atoms with Gasteiger partial charge in [0.25, 0.3) is 10.2 Å². The van der Waals surface area contributed by atoms with E-state index >= 15 is 0 Å². The second-order valence-electron chi connectivity index (χ2n) is 4.56. The van der Waals surface area contributed by atoms with Crippen LogP contribution in [0, 0.1) is 0 Å². The third-order valence-corrected chi connectivity index (χ3v) is 3.81. The van der Waals surface area contributed by atoms with Crippen molar-refractivity contribution in [1.82, 2.24) is 9.62 Å². The third kappa shape index (κ3) is 3.78. The highest BCUT2D eigenvalue weighted by molar-refractivity contribution is 7.87. The zero-order valence-corrected chi connectivity index (χ0v) is 11.1. The molecule has 18 heavy (non-hydrogen) atoms. The van der Waals surface area contributed by atoms with E-state index in [1.165, 1.54) is 12.8 Å². The normalized spacial score (nSPS) is 18.9. The lowest BCUT2D eigenvalue weighted by Crippen LogP contribution is -2.39. The second kappa shape index (κ2) is 5.79. The fraction of sp³-hybridized carbons (Fsp3) is 0.500. The molecule has 0 aliphatic carbocycles. The Labute approximate surface area is 108 Å². The van der Waals surface area contributed by atoms with Gasteiger partial charge in [0.1, 0.15) is 0 Å². The van der Waals surface area contributed by atoms with Gasteiger partial charge in [-0.1, -0.05) is 30.3 Å². The summed E-state index contributed by atoms with van der Waals surface area (Å²) in [5.74, 6) is 0. The summed E-state index contributed by atoms with van der Waals surface area (Å²) in [7, 11) is -3.63. The van der Waals surface area contributed by atoms with Gasteiger partial charge in [0.2, 0.25) is 0 Å². The lowest BCUT2D eigenvalue weighted by Gasteiger charge is -2.27. The molecule has 6 heteroatoms. The number of hydrogen-bond donors (Lipinski definition) is 2. The van der Waals surface area contributed by atoms with Gasteiger partial charge in [0.05, 0.1) is 0 Å². The number of nitrogens with two attached hydrogens (primary N) is 1. The molecule has 1 aromatic carbocycles. The van der Waals surface area contributed by atoms with Gasteiger partial charge in [-0.15, -0.1) is 0 Å². The minimum Gasteiger partial charge on any atom is -0.295 e. The molecule has 0 amide bonds. The van der Waals surface area contributed by atoms with Gasteiger partial charge in [-0.25, -0.2) is 9.86 Å². The molecule has 3 N–H and O–H groups in total. The Morgan fingerprint density at radius 1 is 1.22 bits per heavy atom. The number of rotatable bonds is 5. The van der Waals surface area contributed by atoms with Crippen LogP contribution >= 0.6 is 0 Å². The van der Waals surface area contributed by atoms with E-state index in [9.17, 15) is 8.42 Å². The Morgan fingerprint density at radius 2 is 1.83 bits per heavy atom. The summed E-state index contributed by atoms with van der Waals surface area (Å²) in [6.45, 7) is 2.33. The van der Waals surface area contributed by atoms with Gasteiger partial charge in [0.15, 0.2) is 0 Å². The Morgan fingerprint density at radius 3 is 2.39 bits per heavy atom. The summed E-state index contributed by atoms with van der Waals surface area (Å²) in [5, 5.41) is 5.00. The topological polar surface area (TPSA) is 75.4 Å². The summed E-state index contributed by atoms with van der Waals surface area (Å²) in [6.07, 6.45) is 2.33. The molecule has 2 rings (SSSR count). The lowest BCUT2D eigenvalue weighted by atomic mass is 10.1. The largest absolute Gasteiger partial charge is 0.295 e. The molecule has 1 aromatic rings. The predicted molar refractivity (Wildman–Crippen MR) is 71.1 cm³/mol. The lowest BCUT2D eigenvalue weighted by molar-refractivity contribution is 0.246. The number of nitrogens with one attached hydrogen (secondary N) is 1. The Balaban J connectivity index is 2.12. The molecule has 0 saturated carbocycles. The van der Waals surface area contributed by atoms with Crippen LogP contribution in [0.4, 0.5) is 0 Å². The van der Waals surface area contributed by atoms with Gasteiger partial charge in [-0.3, -0.25) is 4.90 Å². The molecule has 0 aromatic heterocycles. The average Bonchev–Trinajstić information content (AvgIpc) is 2.83. The maximum Gasteiger partial charge on any atom is 0.274 e. The standard InChI is InChI=1S/C12H19N3O2S/c13-18(16,17)14-10-12(15-8-4-5-9-15)11-6-2-1-3-7-11/h1-3,6-7,12,14H,4-5,8-10H2,(H2,13,16,17). The molecule has 1 saturated heterocycles. The number of hydrogen-bond acceptors (Lipinski definition) is 3. The van der Waals surface area contributed by atoms with Crippen LogP contribution in [0.15, 0.2) is 30.3 Å². The zero-order valence-electron chi connectivity index (χ0n) is 10.2. The minimum atomic E-state index is -3.63. The molecule has 0 radical (unpaired) electrons. The van der Waals surface area contributed by atoms with Crippen molar-refractivity contribution in [3.8, 4) is 0 Å². The summed E-state index contributed by atoms with van der Waals surface area (Å²) < 4.78 is 24.5. The smallest absolute Gasteiger partial charge is 0.274 e. The Bertz CT molecular complexity index is 469. The highest BCUT2D eigenvalue weighted by atomic mass is 32.2. The van der Waals surface area contributed by atoms with Gasteiger partial charge >= 0.3 is 0 Å². The van der Waals surface area contributed by atoms with Gasteiger partial charge < -0.3 is 0 Å². The Kier molecular flexibility index (Phi) is 4.34. The fourth-order valence-corrected chi connectivity index (χ4v) is 2.77. The first kappa shape index (κ1) is 13.5. The van der Waals surface area contributed by atoms with E-state index < -0.39 is 10.2 Å². The molecule has 5 nitrogen and oxygen atoms in total. The van der Waals surface area contributed by atoms with Crippen LogP contribution < -0.4 is 9.86 Å². The molecule has 1 fully saturated rings. The molecular formula is C12H19N3O2S. The van der Waals surface area contributed by atoms with Gasteiger partial charge in [0, 0.05) is 12.6 Å². The van der Waals surface area contributed by atoms with Crippen LogP contribution in [-0.2, 0) is 10.2 Å². The van der Waals surface area contributed by atoms with Crippen molar-refractivity contribution in [3.63, 3.8) is 0 Å². The third-order valence-electron chi connectivity index (χ3n) is 3.24. The number of benzene rings is 1. The monoisotopic (exact) mass is 269 g/mol. The van der Waals surface area contributed by atoms with Crippen LogP contribution in [0.25, 0.3) is 0 Å². The zero-order chi connectivity index (χ0) is 13.0. The van der Waals surface area contributed by atoms with E-state index in [0.29, 0.717) is 6.54 Å². The highest BCUT2D eigenvalue weighted by Gasteiger charge is 2.24. The SMILES string of the molecule is NS(=O)(=O)NCC(c1ccccc1)N1CCCC1. The minimum absolute atomic E-state index is 0.0621. The van der Waals surface area contributed by atoms with Crippen LogP contribution in [0.1, 0.15) is 24.4 Å². The molecule has 1 unspecified atom stereocenters. The Hall–Kier alpha value is -0.950. The highest BCUT2D eigenvalue weighted by Crippen LogP contribution is 2.24. The first-order valence-electron chi connectivity index (χ1n) is 6.12. The quantitative estimate of drug-likeness (QED) is 0.822. The molecule has 0 spiro atoms. The van der Waals surface area contributed by atoms with Crippen molar-refractivity contribution in [2.45, 2.75) is 18.9 Å². The number of likely N-dealkylation sites (tertiary alicyclic amines) is 1. The molecule has 1 aliphatic rings. The maximum absolute atomic E-state index is 11.0. The predicted octanol–water partition coefficient (Wildman–Crippen LogP) is 0.617. The van der Waals surface area contributed by atoms with Crippen molar-refractivity contribution in [2.24, 2.45) is 5.14 Å². The van der Waals surface area contributed by atoms with E-state index in [0.717, 1.165) is 18.7 Å². The molecule has 100 valence electrons. The van der Waals surface area contributed by atoms with Crippen LogP contribution in [-0.4, -0.2) is 33.0 Å². The summed E-state index contributed by atoms with van der Waals surface area (Å²) in [6, 6.07) is 10.00. The number of nitrogens with zero attached hydrogens (tertiary/aromatic N) is 1. The van der Waals surface area contributed by atoms with E-state index in [2.05, 4.69) is 9.62 Å². The van der Waals surface area contributed by atoms with Gasteiger partial charge in [-0.05, 0) is 31.5 Å². The van der Waals surface area contributed by atoms with Crippen LogP contribution in [0.5, 0.6) is 0 Å². The van der Waals surface area contributed by atoms with E-state index in [1.54, 1.807) is 0 Å². The van der Waals surface area contributed by atoms with Gasteiger partial charge in [-0.2, -0.15) is 8.42 Å². The summed E-state index contributed by atoms with van der Waals surface area (Å²) >= 11 is 0. The van der Waals surface area contributed by atoms with Crippen molar-refractivity contribution >= 4 is 10.2 Å². The fourth-order valence-electron chi connectivity index (χ4n) is 2.38. The van der Waals surface area contributed by atoms with Crippen molar-refractivity contribution in [2.75, 3.05) is 19.6 Å². The van der Waals surface area contributed by atoms with Crippen molar-refractivity contribution in [1.29, 1.82) is 0 Å². The van der Waals surface area contributed by atoms with E-state index in [-0.39, 0.29) is 6.04 Å². The van der Waals surface area contributed by atoms with E-state index in [1.807, 2.05) is 30.3 Å². The van der Waals surface area contributed by atoms with Crippen molar-refractivity contribution < 1.29 is 8.42 Å². The van der Waals surface area contributed by atoms with E-state index in [4.69, 9.17) is 5.14 Å². The summed E-state index contributed by atoms with van der Waals surface area (Å²) in [5.41, 5.74) is 1.12. The first-order chi connectivity index (χ1) is 8.56. The maximum atomic E-state index is 11.0. The molecular weight excluding hydrogens is 250 g/mol. The molecule has 0 bridgehead atoms. The summed E-state index contributed by atoms with van der Waals surface area (Å²) in [4.78, 5) is 2.30.